The molecule has 19 heavy (non-hydrogen) atoms. The van der Waals surface area contributed by atoms with Crippen LogP contribution in [0.1, 0.15) is 38.9 Å². The van der Waals surface area contributed by atoms with Crippen LogP contribution in [0.3, 0.4) is 0 Å². The highest BCUT2D eigenvalue weighted by Crippen LogP contribution is 2.18. The number of carbonyl (C=O) groups is 1. The molecule has 1 heterocycles. The van der Waals surface area contributed by atoms with Crippen molar-refractivity contribution in [1.29, 1.82) is 0 Å². The molecule has 1 amide bonds. The molecule has 3 N–H and O–H groups in total. The number of hydrogen-bond acceptors (Lipinski definition) is 5. The summed E-state index contributed by atoms with van der Waals surface area (Å²) in [5.41, 5.74) is -0.0521. The fourth-order valence-electron chi connectivity index (χ4n) is 1.46. The second kappa shape index (κ2) is 6.58. The van der Waals surface area contributed by atoms with Gasteiger partial charge in [0.25, 0.3) is 0 Å². The minimum atomic E-state index is -1.03. The molecule has 6 nitrogen and oxygen atoms in total. The number of carbonyl (C=O) groups excluding carboxylic acids is 1. The van der Waals surface area contributed by atoms with Crippen molar-refractivity contribution in [2.75, 3.05) is 6.54 Å². The Morgan fingerprint density at radius 3 is 2.68 bits per heavy atom. The molecule has 2 atom stereocenters. The van der Waals surface area contributed by atoms with E-state index in [1.54, 1.807) is 26.8 Å². The van der Waals surface area contributed by atoms with Crippen LogP contribution < -0.4 is 5.32 Å². The van der Waals surface area contributed by atoms with Gasteiger partial charge in [-0.05, 0) is 33.3 Å². The summed E-state index contributed by atoms with van der Waals surface area (Å²) in [7, 11) is 0. The number of alkyl carbamates (subject to hydrolysis) is 1. The summed E-state index contributed by atoms with van der Waals surface area (Å²) < 4.78 is 9.87. The van der Waals surface area contributed by atoms with Crippen molar-refractivity contribution < 1.29 is 24.2 Å². The van der Waals surface area contributed by atoms with E-state index in [9.17, 15) is 15.0 Å². The molecular weight excluding hydrogens is 250 g/mol. The Kier molecular flexibility index (Phi) is 5.38. The summed E-state index contributed by atoms with van der Waals surface area (Å²) >= 11 is 0. The molecule has 0 bridgehead atoms. The first-order valence-corrected chi connectivity index (χ1v) is 6.14. The highest BCUT2D eigenvalue weighted by molar-refractivity contribution is 5.67. The number of aliphatic hydroxyl groups is 2. The fourth-order valence-corrected chi connectivity index (χ4v) is 1.46. The van der Waals surface area contributed by atoms with Crippen LogP contribution in [0.5, 0.6) is 0 Å². The molecule has 0 spiro atoms. The van der Waals surface area contributed by atoms with Gasteiger partial charge in [0.15, 0.2) is 0 Å². The monoisotopic (exact) mass is 271 g/mol. The van der Waals surface area contributed by atoms with E-state index >= 15 is 0 Å². The largest absolute Gasteiger partial charge is 0.472 e. The maximum absolute atomic E-state index is 11.3. The van der Waals surface area contributed by atoms with Gasteiger partial charge in [-0.25, -0.2) is 4.79 Å². The van der Waals surface area contributed by atoms with Crippen molar-refractivity contribution >= 4 is 6.09 Å². The van der Waals surface area contributed by atoms with Gasteiger partial charge in [-0.15, -0.1) is 0 Å². The van der Waals surface area contributed by atoms with E-state index < -0.39 is 23.9 Å². The molecule has 0 aliphatic carbocycles. The van der Waals surface area contributed by atoms with Gasteiger partial charge >= 0.3 is 6.09 Å². The summed E-state index contributed by atoms with van der Waals surface area (Å²) in [4.78, 5) is 11.3. The molecule has 0 radical (unpaired) electrons. The van der Waals surface area contributed by atoms with Crippen LogP contribution in [0, 0.1) is 0 Å². The van der Waals surface area contributed by atoms with E-state index in [4.69, 9.17) is 9.15 Å². The van der Waals surface area contributed by atoms with E-state index in [-0.39, 0.29) is 13.0 Å². The molecule has 6 heteroatoms. The van der Waals surface area contributed by atoms with E-state index in [1.807, 2.05) is 0 Å². The number of rotatable bonds is 5. The third-order valence-corrected chi connectivity index (χ3v) is 2.36. The zero-order valence-electron chi connectivity index (χ0n) is 11.4. The van der Waals surface area contributed by atoms with Crippen molar-refractivity contribution in [2.24, 2.45) is 0 Å². The van der Waals surface area contributed by atoms with Gasteiger partial charge in [-0.2, -0.15) is 0 Å². The van der Waals surface area contributed by atoms with Crippen molar-refractivity contribution in [3.8, 4) is 0 Å². The van der Waals surface area contributed by atoms with Gasteiger partial charge in [0, 0.05) is 12.1 Å². The first-order valence-electron chi connectivity index (χ1n) is 6.14. The predicted molar refractivity (Wildman–Crippen MR) is 68.5 cm³/mol. The lowest BCUT2D eigenvalue weighted by Gasteiger charge is -2.20. The SMILES string of the molecule is CC(C)(C)OC(=O)NCCC(O)C(O)c1ccoc1. The normalized spacial score (nSPS) is 14.8. The predicted octanol–water partition coefficient (Wildman–Crippen LogP) is 1.59. The quantitative estimate of drug-likeness (QED) is 0.756. The van der Waals surface area contributed by atoms with Crippen LogP contribution in [0.25, 0.3) is 0 Å². The molecular formula is C13H21NO5. The number of hydrogen-bond donors (Lipinski definition) is 3. The lowest BCUT2D eigenvalue weighted by molar-refractivity contribution is 0.0120. The second-order valence-corrected chi connectivity index (χ2v) is 5.29. The maximum Gasteiger partial charge on any atom is 0.407 e. The summed E-state index contributed by atoms with van der Waals surface area (Å²) in [6.07, 6.45) is 0.453. The Hall–Kier alpha value is -1.53. The Balaban J connectivity index is 2.27. The Bertz CT molecular complexity index is 382. The zero-order chi connectivity index (χ0) is 14.5. The second-order valence-electron chi connectivity index (χ2n) is 5.29. The van der Waals surface area contributed by atoms with Crippen molar-refractivity contribution in [1.82, 2.24) is 5.32 Å². The van der Waals surface area contributed by atoms with Crippen LogP contribution >= 0.6 is 0 Å². The van der Waals surface area contributed by atoms with E-state index in [2.05, 4.69) is 5.32 Å². The van der Waals surface area contributed by atoms with E-state index in [1.165, 1.54) is 12.5 Å². The van der Waals surface area contributed by atoms with Gasteiger partial charge in [-0.1, -0.05) is 0 Å². The highest BCUT2D eigenvalue weighted by atomic mass is 16.6. The molecule has 0 aromatic carbocycles. The number of furan rings is 1. The third-order valence-electron chi connectivity index (χ3n) is 2.36. The molecule has 108 valence electrons. The van der Waals surface area contributed by atoms with Crippen LogP contribution in [0.2, 0.25) is 0 Å². The summed E-state index contributed by atoms with van der Waals surface area (Å²) in [6, 6.07) is 1.58. The highest BCUT2D eigenvalue weighted by Gasteiger charge is 2.20. The average molecular weight is 271 g/mol. The lowest BCUT2D eigenvalue weighted by atomic mass is 10.1. The van der Waals surface area contributed by atoms with Crippen molar-refractivity contribution in [2.45, 2.75) is 45.0 Å². The first-order chi connectivity index (χ1) is 8.79. The van der Waals surface area contributed by atoms with Crippen LogP contribution in [0.4, 0.5) is 4.79 Å². The van der Waals surface area contributed by atoms with Crippen molar-refractivity contribution in [3.05, 3.63) is 24.2 Å². The summed E-state index contributed by atoms with van der Waals surface area (Å²) in [5.74, 6) is 0. The molecule has 0 aliphatic heterocycles. The smallest absolute Gasteiger partial charge is 0.407 e. The minimum absolute atomic E-state index is 0.213. The molecule has 0 aliphatic rings. The molecule has 0 fully saturated rings. The molecule has 1 aromatic heterocycles. The average Bonchev–Trinajstić information content (AvgIpc) is 2.78. The van der Waals surface area contributed by atoms with Crippen LogP contribution in [-0.2, 0) is 4.74 Å². The van der Waals surface area contributed by atoms with Gasteiger partial charge in [0.1, 0.15) is 11.7 Å². The number of ether oxygens (including phenoxy) is 1. The summed E-state index contributed by atoms with van der Waals surface area (Å²) in [5, 5.41) is 22.0. The Morgan fingerprint density at radius 1 is 1.47 bits per heavy atom. The van der Waals surface area contributed by atoms with Crippen LogP contribution in [-0.4, -0.2) is 34.6 Å². The van der Waals surface area contributed by atoms with Gasteiger partial charge in [0.05, 0.1) is 18.6 Å². The number of nitrogens with one attached hydrogen (secondary N) is 1. The third kappa shape index (κ3) is 5.76. The van der Waals surface area contributed by atoms with Crippen molar-refractivity contribution in [3.63, 3.8) is 0 Å². The lowest BCUT2D eigenvalue weighted by Crippen LogP contribution is -2.34. The molecule has 0 saturated carbocycles. The molecule has 1 aromatic rings. The molecule has 1 rings (SSSR count). The Labute approximate surface area is 112 Å². The number of amides is 1. The van der Waals surface area contributed by atoms with E-state index in [0.717, 1.165) is 0 Å². The minimum Gasteiger partial charge on any atom is -0.472 e. The maximum atomic E-state index is 11.3. The Morgan fingerprint density at radius 2 is 2.16 bits per heavy atom. The number of aliphatic hydroxyl groups excluding tert-OH is 2. The van der Waals surface area contributed by atoms with Gasteiger partial charge in [0.2, 0.25) is 0 Å². The topological polar surface area (TPSA) is 91.9 Å². The summed E-state index contributed by atoms with van der Waals surface area (Å²) in [6.45, 7) is 5.52. The zero-order valence-corrected chi connectivity index (χ0v) is 11.4. The standard InChI is InChI=1S/C13H21NO5/c1-13(2,3)19-12(17)14-6-4-10(15)11(16)9-5-7-18-8-9/h5,7-8,10-11,15-16H,4,6H2,1-3H3,(H,14,17). The van der Waals surface area contributed by atoms with Gasteiger partial charge < -0.3 is 24.7 Å². The first kappa shape index (κ1) is 15.5. The molecule has 2 unspecified atom stereocenters. The van der Waals surface area contributed by atoms with Gasteiger partial charge in [-0.3, -0.25) is 0 Å². The fraction of sp³-hybridized carbons (Fsp3) is 0.615. The molecule has 0 saturated heterocycles. The van der Waals surface area contributed by atoms with Crippen LogP contribution in [0.15, 0.2) is 23.0 Å². The van der Waals surface area contributed by atoms with E-state index in [0.29, 0.717) is 5.56 Å².